The van der Waals surface area contributed by atoms with E-state index in [1.54, 1.807) is 0 Å². The Hall–Kier alpha value is -1.19. The lowest BCUT2D eigenvalue weighted by Gasteiger charge is -2.27. The Bertz CT molecular complexity index is 438. The zero-order valence-corrected chi connectivity index (χ0v) is 10.6. The molecule has 0 N–H and O–H groups in total. The van der Waals surface area contributed by atoms with Gasteiger partial charge in [-0.1, -0.05) is 24.3 Å². The van der Waals surface area contributed by atoms with E-state index in [1.807, 2.05) is 18.2 Å². The number of hydrogen-bond acceptors (Lipinski definition) is 3. The normalized spacial score (nSPS) is 24.2. The Morgan fingerprint density at radius 3 is 2.78 bits per heavy atom. The van der Waals surface area contributed by atoms with Gasteiger partial charge in [0.25, 0.3) is 0 Å². The molecule has 0 aromatic heterocycles. The van der Waals surface area contributed by atoms with Crippen LogP contribution in [0.4, 0.5) is 0 Å². The summed E-state index contributed by atoms with van der Waals surface area (Å²) in [6.45, 7) is 4.70. The molecule has 1 aliphatic carbocycles. The maximum Gasteiger partial charge on any atom is 0.166 e. The van der Waals surface area contributed by atoms with Crippen molar-refractivity contribution in [2.45, 2.75) is 12.8 Å². The molecular weight excluding hydrogens is 226 g/mol. The summed E-state index contributed by atoms with van der Waals surface area (Å²) in [5.74, 6) is 0.545. The fourth-order valence-corrected chi connectivity index (χ4v) is 2.91. The van der Waals surface area contributed by atoms with Crippen LogP contribution in [0, 0.1) is 5.92 Å². The van der Waals surface area contributed by atoms with E-state index in [9.17, 15) is 4.79 Å². The third-order valence-electron chi connectivity index (χ3n) is 4.02. The zero-order chi connectivity index (χ0) is 12.4. The van der Waals surface area contributed by atoms with Crippen LogP contribution in [0.1, 0.15) is 22.3 Å². The Morgan fingerprint density at radius 2 is 2.00 bits per heavy atom. The smallest absolute Gasteiger partial charge is 0.166 e. The molecule has 1 aliphatic heterocycles. The number of benzene rings is 1. The van der Waals surface area contributed by atoms with Gasteiger partial charge in [0, 0.05) is 24.6 Å². The molecule has 0 saturated carbocycles. The third-order valence-corrected chi connectivity index (χ3v) is 4.02. The Labute approximate surface area is 108 Å². The van der Waals surface area contributed by atoms with Crippen molar-refractivity contribution in [3.63, 3.8) is 0 Å². The number of Topliss-reactive ketones (excluding diaryl/α,β-unsaturated/α-hetero) is 1. The quantitative estimate of drug-likeness (QED) is 0.812. The van der Waals surface area contributed by atoms with Gasteiger partial charge in [-0.2, -0.15) is 0 Å². The molecule has 96 valence electrons. The van der Waals surface area contributed by atoms with E-state index in [-0.39, 0.29) is 5.92 Å². The first-order valence-corrected chi connectivity index (χ1v) is 6.77. The Balaban J connectivity index is 1.57. The second-order valence-corrected chi connectivity index (χ2v) is 5.17. The van der Waals surface area contributed by atoms with E-state index in [2.05, 4.69) is 11.0 Å². The molecule has 0 spiro atoms. The van der Waals surface area contributed by atoms with Crippen molar-refractivity contribution in [2.75, 3.05) is 32.8 Å². The molecule has 1 heterocycles. The molecule has 18 heavy (non-hydrogen) atoms. The van der Waals surface area contributed by atoms with E-state index < -0.39 is 0 Å². The molecule has 0 bridgehead atoms. The van der Waals surface area contributed by atoms with Crippen LogP contribution in [0.5, 0.6) is 0 Å². The Kier molecular flexibility index (Phi) is 3.43. The maximum absolute atomic E-state index is 12.2. The summed E-state index contributed by atoms with van der Waals surface area (Å²) in [6, 6.07) is 8.03. The number of nitrogens with zero attached hydrogens (tertiary/aromatic N) is 1. The van der Waals surface area contributed by atoms with Crippen molar-refractivity contribution < 1.29 is 9.53 Å². The minimum absolute atomic E-state index is 0.199. The van der Waals surface area contributed by atoms with Gasteiger partial charge in [0.15, 0.2) is 5.78 Å². The van der Waals surface area contributed by atoms with E-state index in [0.717, 1.165) is 51.3 Å². The second-order valence-electron chi connectivity index (χ2n) is 5.17. The molecule has 1 aromatic carbocycles. The fraction of sp³-hybridized carbons (Fsp3) is 0.533. The van der Waals surface area contributed by atoms with Crippen molar-refractivity contribution in [1.29, 1.82) is 0 Å². The molecule has 3 heteroatoms. The molecule has 1 saturated heterocycles. The number of carbonyl (C=O) groups excluding carboxylic acids is 1. The highest BCUT2D eigenvalue weighted by Crippen LogP contribution is 2.28. The minimum Gasteiger partial charge on any atom is -0.379 e. The van der Waals surface area contributed by atoms with Crippen LogP contribution in [-0.4, -0.2) is 43.5 Å². The zero-order valence-electron chi connectivity index (χ0n) is 10.6. The number of rotatable bonds is 3. The van der Waals surface area contributed by atoms with Crippen molar-refractivity contribution in [2.24, 2.45) is 5.92 Å². The van der Waals surface area contributed by atoms with Crippen LogP contribution in [0.3, 0.4) is 0 Å². The Morgan fingerprint density at radius 1 is 1.22 bits per heavy atom. The van der Waals surface area contributed by atoms with E-state index >= 15 is 0 Å². The summed E-state index contributed by atoms with van der Waals surface area (Å²) in [4.78, 5) is 14.6. The number of morpholine rings is 1. The number of hydrogen-bond donors (Lipinski definition) is 0. The van der Waals surface area contributed by atoms with Gasteiger partial charge in [0.2, 0.25) is 0 Å². The lowest BCUT2D eigenvalue weighted by molar-refractivity contribution is 0.0354. The van der Waals surface area contributed by atoms with Gasteiger partial charge in [0.1, 0.15) is 0 Å². The van der Waals surface area contributed by atoms with Gasteiger partial charge in [-0.3, -0.25) is 9.69 Å². The monoisotopic (exact) mass is 245 g/mol. The SMILES string of the molecule is O=C1c2ccccc2CC1CCN1CCOCC1. The van der Waals surface area contributed by atoms with Crippen molar-refractivity contribution >= 4 is 5.78 Å². The molecular formula is C15H19NO2. The molecule has 1 unspecified atom stereocenters. The standard InChI is InChI=1S/C15H19NO2/c17-15-13(5-6-16-7-9-18-10-8-16)11-12-3-1-2-4-14(12)15/h1-4,13H,5-11H2. The van der Waals surface area contributed by atoms with E-state index in [4.69, 9.17) is 4.74 Å². The van der Waals surface area contributed by atoms with Crippen LogP contribution in [0.2, 0.25) is 0 Å². The highest BCUT2D eigenvalue weighted by molar-refractivity contribution is 6.02. The lowest BCUT2D eigenvalue weighted by Crippen LogP contribution is -2.37. The highest BCUT2D eigenvalue weighted by Gasteiger charge is 2.30. The van der Waals surface area contributed by atoms with Gasteiger partial charge in [-0.25, -0.2) is 0 Å². The summed E-state index contributed by atoms with van der Waals surface area (Å²) in [7, 11) is 0. The van der Waals surface area contributed by atoms with Gasteiger partial charge in [-0.05, 0) is 24.9 Å². The summed E-state index contributed by atoms with van der Waals surface area (Å²) in [6.07, 6.45) is 1.91. The first-order valence-electron chi connectivity index (χ1n) is 6.77. The van der Waals surface area contributed by atoms with Gasteiger partial charge in [-0.15, -0.1) is 0 Å². The minimum atomic E-state index is 0.199. The molecule has 0 amide bonds. The molecule has 1 aromatic rings. The fourth-order valence-electron chi connectivity index (χ4n) is 2.91. The van der Waals surface area contributed by atoms with Crippen molar-refractivity contribution in [1.82, 2.24) is 4.90 Å². The molecule has 3 nitrogen and oxygen atoms in total. The first-order chi connectivity index (χ1) is 8.84. The summed E-state index contributed by atoms with van der Waals surface area (Å²) >= 11 is 0. The largest absolute Gasteiger partial charge is 0.379 e. The summed E-state index contributed by atoms with van der Waals surface area (Å²) < 4.78 is 5.33. The second kappa shape index (κ2) is 5.21. The van der Waals surface area contributed by atoms with Crippen LogP contribution in [0.15, 0.2) is 24.3 Å². The molecule has 0 radical (unpaired) electrons. The lowest BCUT2D eigenvalue weighted by atomic mass is 10.0. The average molecular weight is 245 g/mol. The van der Waals surface area contributed by atoms with Crippen LogP contribution in [0.25, 0.3) is 0 Å². The molecule has 2 aliphatic rings. The topological polar surface area (TPSA) is 29.5 Å². The summed E-state index contributed by atoms with van der Waals surface area (Å²) in [5, 5.41) is 0. The number of carbonyl (C=O) groups is 1. The van der Waals surface area contributed by atoms with Crippen molar-refractivity contribution in [3.8, 4) is 0 Å². The first kappa shape index (κ1) is 11.9. The van der Waals surface area contributed by atoms with Gasteiger partial charge >= 0.3 is 0 Å². The highest BCUT2D eigenvalue weighted by atomic mass is 16.5. The van der Waals surface area contributed by atoms with Crippen LogP contribution < -0.4 is 0 Å². The van der Waals surface area contributed by atoms with Crippen LogP contribution >= 0.6 is 0 Å². The molecule has 1 fully saturated rings. The summed E-state index contributed by atoms with van der Waals surface area (Å²) in [5.41, 5.74) is 2.18. The third kappa shape index (κ3) is 2.33. The van der Waals surface area contributed by atoms with E-state index in [0.29, 0.717) is 5.78 Å². The van der Waals surface area contributed by atoms with E-state index in [1.165, 1.54) is 5.56 Å². The predicted molar refractivity (Wildman–Crippen MR) is 69.8 cm³/mol. The number of fused-ring (bicyclic) bond motifs is 1. The van der Waals surface area contributed by atoms with Gasteiger partial charge < -0.3 is 4.74 Å². The van der Waals surface area contributed by atoms with Crippen molar-refractivity contribution in [3.05, 3.63) is 35.4 Å². The van der Waals surface area contributed by atoms with Gasteiger partial charge in [0.05, 0.1) is 13.2 Å². The number of ether oxygens (including phenoxy) is 1. The molecule has 1 atom stereocenters. The number of ketones is 1. The van der Waals surface area contributed by atoms with Crippen LogP contribution in [-0.2, 0) is 11.2 Å². The predicted octanol–water partition coefficient (Wildman–Crippen LogP) is 1.76. The molecule has 3 rings (SSSR count). The average Bonchev–Trinajstić information content (AvgIpc) is 2.75. The maximum atomic E-state index is 12.2.